The van der Waals surface area contributed by atoms with Crippen LogP contribution in [-0.2, 0) is 6.54 Å². The van der Waals surface area contributed by atoms with Gasteiger partial charge in [0.05, 0.1) is 6.54 Å². The lowest BCUT2D eigenvalue weighted by Crippen LogP contribution is -2.40. The highest BCUT2D eigenvalue weighted by Gasteiger charge is 2.23. The van der Waals surface area contributed by atoms with Gasteiger partial charge in [-0.15, -0.1) is 0 Å². The second-order valence-electron chi connectivity index (χ2n) is 4.43. The van der Waals surface area contributed by atoms with Crippen LogP contribution < -0.4 is 5.73 Å². The Morgan fingerprint density at radius 2 is 2.38 bits per heavy atom. The molecule has 1 fully saturated rings. The molecule has 1 saturated heterocycles. The third-order valence-electron chi connectivity index (χ3n) is 3.16. The Balaban J connectivity index is 1.95. The number of likely N-dealkylation sites (tertiary alicyclic amines) is 1. The van der Waals surface area contributed by atoms with Gasteiger partial charge in [-0.05, 0) is 39.3 Å². The number of piperidine rings is 1. The van der Waals surface area contributed by atoms with E-state index in [0.717, 1.165) is 31.9 Å². The fraction of sp³-hybridized carbons (Fsp3) is 0.818. The van der Waals surface area contributed by atoms with E-state index in [1.807, 2.05) is 6.92 Å². The largest absolute Gasteiger partial charge is 0.338 e. The maximum Gasteiger partial charge on any atom is 0.240 e. The zero-order valence-electron chi connectivity index (χ0n) is 9.85. The van der Waals surface area contributed by atoms with Gasteiger partial charge >= 0.3 is 0 Å². The van der Waals surface area contributed by atoms with Crippen LogP contribution in [0.1, 0.15) is 37.4 Å². The van der Waals surface area contributed by atoms with Crippen molar-refractivity contribution in [3.05, 3.63) is 11.7 Å². The summed E-state index contributed by atoms with van der Waals surface area (Å²) in [6.07, 6.45) is 4.87. The molecule has 0 spiro atoms. The second-order valence-corrected chi connectivity index (χ2v) is 4.43. The Hall–Kier alpha value is -0.940. The van der Waals surface area contributed by atoms with Crippen molar-refractivity contribution in [2.75, 3.05) is 13.1 Å². The number of aromatic nitrogens is 2. The van der Waals surface area contributed by atoms with Gasteiger partial charge in [-0.3, -0.25) is 4.90 Å². The molecule has 5 heteroatoms. The quantitative estimate of drug-likeness (QED) is 0.829. The van der Waals surface area contributed by atoms with Gasteiger partial charge in [-0.1, -0.05) is 11.6 Å². The van der Waals surface area contributed by atoms with Gasteiger partial charge in [-0.2, -0.15) is 4.98 Å². The molecule has 1 aromatic rings. The predicted octanol–water partition coefficient (Wildman–Crippen LogP) is 1.08. The van der Waals surface area contributed by atoms with Gasteiger partial charge in [0.15, 0.2) is 5.82 Å². The van der Waals surface area contributed by atoms with E-state index in [-0.39, 0.29) is 0 Å². The summed E-state index contributed by atoms with van der Waals surface area (Å²) in [6.45, 7) is 4.49. The number of aryl methyl sites for hydroxylation is 1. The first-order chi connectivity index (χ1) is 7.79. The van der Waals surface area contributed by atoms with Gasteiger partial charge in [-0.25, -0.2) is 0 Å². The first-order valence-corrected chi connectivity index (χ1v) is 6.03. The number of nitrogens with two attached hydrogens (primary N) is 1. The molecule has 2 heterocycles. The Morgan fingerprint density at radius 1 is 1.50 bits per heavy atom. The summed E-state index contributed by atoms with van der Waals surface area (Å²) in [7, 11) is 0. The predicted molar refractivity (Wildman–Crippen MR) is 60.8 cm³/mol. The van der Waals surface area contributed by atoms with E-state index in [2.05, 4.69) is 15.0 Å². The molecule has 1 atom stereocenters. The summed E-state index contributed by atoms with van der Waals surface area (Å²) >= 11 is 0. The number of hydrogen-bond acceptors (Lipinski definition) is 5. The van der Waals surface area contributed by atoms with E-state index < -0.39 is 0 Å². The fourth-order valence-electron chi connectivity index (χ4n) is 2.37. The monoisotopic (exact) mass is 224 g/mol. The molecular formula is C11H20N4O. The highest BCUT2D eigenvalue weighted by atomic mass is 16.5. The number of nitrogens with zero attached hydrogens (tertiary/aromatic N) is 3. The van der Waals surface area contributed by atoms with Crippen LogP contribution >= 0.6 is 0 Å². The lowest BCUT2D eigenvalue weighted by Gasteiger charge is -2.34. The van der Waals surface area contributed by atoms with Crippen molar-refractivity contribution < 1.29 is 4.52 Å². The maximum atomic E-state index is 5.64. The Morgan fingerprint density at radius 3 is 3.06 bits per heavy atom. The average molecular weight is 224 g/mol. The molecule has 0 saturated carbocycles. The molecule has 1 unspecified atom stereocenters. The minimum absolute atomic E-state index is 0.589. The van der Waals surface area contributed by atoms with Crippen LogP contribution in [0.2, 0.25) is 0 Å². The van der Waals surface area contributed by atoms with Crippen LogP contribution in [0.5, 0.6) is 0 Å². The van der Waals surface area contributed by atoms with Crippen molar-refractivity contribution in [2.45, 2.75) is 45.2 Å². The molecule has 0 amide bonds. The molecule has 1 aliphatic heterocycles. The highest BCUT2D eigenvalue weighted by molar-refractivity contribution is 4.86. The van der Waals surface area contributed by atoms with Crippen LogP contribution in [0.3, 0.4) is 0 Å². The Bertz CT molecular complexity index is 324. The number of rotatable bonds is 4. The summed E-state index contributed by atoms with van der Waals surface area (Å²) in [5.41, 5.74) is 5.64. The van der Waals surface area contributed by atoms with Crippen molar-refractivity contribution in [1.82, 2.24) is 15.0 Å². The standard InChI is InChI=1S/C11H20N4O/c1-9-13-11(16-14-9)8-15-7-3-2-4-10(15)5-6-12/h10H,2-8,12H2,1H3. The van der Waals surface area contributed by atoms with E-state index in [9.17, 15) is 0 Å². The van der Waals surface area contributed by atoms with Gasteiger partial charge in [0.1, 0.15) is 0 Å². The minimum atomic E-state index is 0.589. The lowest BCUT2D eigenvalue weighted by atomic mass is 9.99. The second kappa shape index (κ2) is 5.41. The molecule has 0 radical (unpaired) electrons. The Labute approximate surface area is 96.0 Å². The summed E-state index contributed by atoms with van der Waals surface area (Å²) in [5.74, 6) is 1.43. The summed E-state index contributed by atoms with van der Waals surface area (Å²) in [6, 6.07) is 0.589. The molecule has 0 aliphatic carbocycles. The average Bonchev–Trinajstić information content (AvgIpc) is 2.67. The zero-order valence-corrected chi connectivity index (χ0v) is 9.85. The van der Waals surface area contributed by atoms with Crippen molar-refractivity contribution in [2.24, 2.45) is 5.73 Å². The van der Waals surface area contributed by atoms with Gasteiger partial charge in [0.25, 0.3) is 0 Å². The molecule has 2 N–H and O–H groups in total. The van der Waals surface area contributed by atoms with Crippen molar-refractivity contribution in [3.63, 3.8) is 0 Å². The van der Waals surface area contributed by atoms with Crippen LogP contribution in [0, 0.1) is 6.92 Å². The van der Waals surface area contributed by atoms with Crippen molar-refractivity contribution in [3.8, 4) is 0 Å². The van der Waals surface area contributed by atoms with E-state index >= 15 is 0 Å². The molecule has 1 aliphatic rings. The first kappa shape index (κ1) is 11.5. The van der Waals surface area contributed by atoms with Gasteiger partial charge in [0.2, 0.25) is 5.89 Å². The Kier molecular flexibility index (Phi) is 3.90. The van der Waals surface area contributed by atoms with Gasteiger partial charge < -0.3 is 10.3 Å². The molecule has 1 aromatic heterocycles. The molecule has 5 nitrogen and oxygen atoms in total. The third kappa shape index (κ3) is 2.80. The van der Waals surface area contributed by atoms with Crippen molar-refractivity contribution in [1.29, 1.82) is 0 Å². The molecule has 90 valence electrons. The van der Waals surface area contributed by atoms with E-state index in [1.54, 1.807) is 0 Å². The topological polar surface area (TPSA) is 68.2 Å². The van der Waals surface area contributed by atoms with Gasteiger partial charge in [0, 0.05) is 6.04 Å². The molecule has 0 aromatic carbocycles. The normalized spacial score (nSPS) is 22.5. The molecule has 0 bridgehead atoms. The van der Waals surface area contributed by atoms with E-state index in [4.69, 9.17) is 10.3 Å². The van der Waals surface area contributed by atoms with Crippen molar-refractivity contribution >= 4 is 0 Å². The summed E-state index contributed by atoms with van der Waals surface area (Å²) < 4.78 is 5.16. The van der Waals surface area contributed by atoms with E-state index in [0.29, 0.717) is 11.9 Å². The highest BCUT2D eigenvalue weighted by Crippen LogP contribution is 2.20. The first-order valence-electron chi connectivity index (χ1n) is 6.03. The van der Waals surface area contributed by atoms with E-state index in [1.165, 1.54) is 19.3 Å². The molecular weight excluding hydrogens is 204 g/mol. The third-order valence-corrected chi connectivity index (χ3v) is 3.16. The maximum absolute atomic E-state index is 5.64. The minimum Gasteiger partial charge on any atom is -0.338 e. The zero-order chi connectivity index (χ0) is 11.4. The smallest absolute Gasteiger partial charge is 0.240 e. The van der Waals surface area contributed by atoms with Crippen LogP contribution in [-0.4, -0.2) is 34.2 Å². The number of hydrogen-bond donors (Lipinski definition) is 1. The van der Waals surface area contributed by atoms with Crippen LogP contribution in [0.25, 0.3) is 0 Å². The summed E-state index contributed by atoms with van der Waals surface area (Å²) in [5, 5.41) is 3.82. The van der Waals surface area contributed by atoms with Crippen LogP contribution in [0.15, 0.2) is 4.52 Å². The lowest BCUT2D eigenvalue weighted by molar-refractivity contribution is 0.118. The molecule has 2 rings (SSSR count). The summed E-state index contributed by atoms with van der Waals surface area (Å²) in [4.78, 5) is 6.67. The van der Waals surface area contributed by atoms with Crippen LogP contribution in [0.4, 0.5) is 0 Å². The fourth-order valence-corrected chi connectivity index (χ4v) is 2.37. The molecule has 16 heavy (non-hydrogen) atoms. The SMILES string of the molecule is Cc1noc(CN2CCCCC2CCN)n1.